The summed E-state index contributed by atoms with van der Waals surface area (Å²) in [4.78, 5) is 8.05. The van der Waals surface area contributed by atoms with Crippen LogP contribution >= 0.6 is 15.9 Å². The molecular formula is C10H7BrN2O. The summed E-state index contributed by atoms with van der Waals surface area (Å²) in [7, 11) is 0. The molecule has 1 heterocycles. The minimum absolute atomic E-state index is 0.486. The average Bonchev–Trinajstić information content (AvgIpc) is 2.23. The van der Waals surface area contributed by atoms with Crippen LogP contribution < -0.4 is 4.74 Å². The summed E-state index contributed by atoms with van der Waals surface area (Å²) < 4.78 is 6.13. The Balaban J connectivity index is 2.16. The standard InChI is InChI=1S/C10H7BrN2O/c11-9-6-13-10(7-12-9)14-8-4-2-1-3-5-8/h1-7H. The van der Waals surface area contributed by atoms with Crippen LogP contribution in [0, 0.1) is 0 Å². The van der Waals surface area contributed by atoms with Gasteiger partial charge in [-0.1, -0.05) is 18.2 Å². The molecule has 0 aliphatic carbocycles. The van der Waals surface area contributed by atoms with E-state index < -0.39 is 0 Å². The molecule has 0 N–H and O–H groups in total. The molecule has 2 aromatic rings. The van der Waals surface area contributed by atoms with Crippen LogP contribution in [-0.2, 0) is 0 Å². The molecule has 1 aromatic heterocycles. The molecule has 0 aliphatic rings. The van der Waals surface area contributed by atoms with E-state index in [2.05, 4.69) is 25.9 Å². The molecule has 2 rings (SSSR count). The van der Waals surface area contributed by atoms with Crippen LogP contribution in [0.5, 0.6) is 11.6 Å². The summed E-state index contributed by atoms with van der Waals surface area (Å²) in [5, 5.41) is 0. The van der Waals surface area contributed by atoms with Crippen molar-refractivity contribution in [2.45, 2.75) is 0 Å². The molecule has 0 fully saturated rings. The van der Waals surface area contributed by atoms with Crippen molar-refractivity contribution in [2.24, 2.45) is 0 Å². The predicted octanol–water partition coefficient (Wildman–Crippen LogP) is 3.03. The molecule has 70 valence electrons. The first kappa shape index (κ1) is 9.15. The van der Waals surface area contributed by atoms with E-state index in [1.807, 2.05) is 30.3 Å². The normalized spacial score (nSPS) is 9.79. The van der Waals surface area contributed by atoms with Gasteiger partial charge < -0.3 is 4.74 Å². The number of nitrogens with zero attached hydrogens (tertiary/aromatic N) is 2. The lowest BCUT2D eigenvalue weighted by Gasteiger charge is -2.02. The van der Waals surface area contributed by atoms with Gasteiger partial charge in [0.25, 0.3) is 0 Å². The van der Waals surface area contributed by atoms with Crippen LogP contribution in [0.2, 0.25) is 0 Å². The summed E-state index contributed by atoms with van der Waals surface area (Å²) in [6.45, 7) is 0. The van der Waals surface area contributed by atoms with Crippen molar-refractivity contribution >= 4 is 15.9 Å². The molecule has 0 unspecified atom stereocenters. The Morgan fingerprint density at radius 3 is 2.43 bits per heavy atom. The summed E-state index contributed by atoms with van der Waals surface area (Å²) in [5.74, 6) is 1.24. The maximum absolute atomic E-state index is 5.44. The van der Waals surface area contributed by atoms with Crippen molar-refractivity contribution in [2.75, 3.05) is 0 Å². The van der Waals surface area contributed by atoms with Gasteiger partial charge >= 0.3 is 0 Å². The Morgan fingerprint density at radius 1 is 1.00 bits per heavy atom. The maximum atomic E-state index is 5.44. The fraction of sp³-hybridized carbons (Fsp3) is 0. The number of benzene rings is 1. The van der Waals surface area contributed by atoms with Crippen molar-refractivity contribution < 1.29 is 4.74 Å². The molecule has 4 heteroatoms. The zero-order chi connectivity index (χ0) is 9.80. The van der Waals surface area contributed by atoms with E-state index in [1.165, 1.54) is 0 Å². The number of aromatic nitrogens is 2. The number of hydrogen-bond donors (Lipinski definition) is 0. The second-order valence-electron chi connectivity index (χ2n) is 2.59. The highest BCUT2D eigenvalue weighted by molar-refractivity contribution is 9.10. The highest BCUT2D eigenvalue weighted by atomic mass is 79.9. The molecule has 14 heavy (non-hydrogen) atoms. The Morgan fingerprint density at radius 2 is 1.79 bits per heavy atom. The van der Waals surface area contributed by atoms with Gasteiger partial charge in [0, 0.05) is 0 Å². The van der Waals surface area contributed by atoms with Crippen molar-refractivity contribution in [3.63, 3.8) is 0 Å². The van der Waals surface area contributed by atoms with Crippen molar-refractivity contribution in [1.29, 1.82) is 0 Å². The average molecular weight is 251 g/mol. The summed E-state index contributed by atoms with van der Waals surface area (Å²) in [6, 6.07) is 9.47. The number of para-hydroxylation sites is 1. The lowest BCUT2D eigenvalue weighted by Crippen LogP contribution is -1.88. The van der Waals surface area contributed by atoms with E-state index in [9.17, 15) is 0 Å². The van der Waals surface area contributed by atoms with Gasteiger partial charge in [-0.15, -0.1) is 0 Å². The second-order valence-corrected chi connectivity index (χ2v) is 3.40. The molecule has 0 aliphatic heterocycles. The van der Waals surface area contributed by atoms with Crippen LogP contribution in [0.25, 0.3) is 0 Å². The summed E-state index contributed by atoms with van der Waals surface area (Å²) in [6.07, 6.45) is 3.16. The Bertz CT molecular complexity index is 402. The highest BCUT2D eigenvalue weighted by Crippen LogP contribution is 2.17. The third-order valence-corrected chi connectivity index (χ3v) is 1.97. The van der Waals surface area contributed by atoms with Gasteiger partial charge in [-0.3, -0.25) is 0 Å². The second kappa shape index (κ2) is 4.19. The fourth-order valence-electron chi connectivity index (χ4n) is 0.962. The molecule has 0 amide bonds. The van der Waals surface area contributed by atoms with Crippen LogP contribution in [0.15, 0.2) is 47.3 Å². The predicted molar refractivity (Wildman–Crippen MR) is 56.2 cm³/mol. The van der Waals surface area contributed by atoms with Crippen molar-refractivity contribution in [3.8, 4) is 11.6 Å². The van der Waals surface area contributed by atoms with E-state index in [0.717, 1.165) is 5.75 Å². The molecule has 0 spiro atoms. The summed E-state index contributed by atoms with van der Waals surface area (Å²) in [5.41, 5.74) is 0. The van der Waals surface area contributed by atoms with Gasteiger partial charge in [0.15, 0.2) is 0 Å². The molecule has 0 bridgehead atoms. The summed E-state index contributed by atoms with van der Waals surface area (Å²) >= 11 is 3.20. The van der Waals surface area contributed by atoms with Gasteiger partial charge in [-0.25, -0.2) is 9.97 Å². The lowest BCUT2D eigenvalue weighted by atomic mass is 10.3. The molecule has 1 aromatic carbocycles. The van der Waals surface area contributed by atoms with E-state index in [-0.39, 0.29) is 0 Å². The van der Waals surface area contributed by atoms with E-state index in [4.69, 9.17) is 4.74 Å². The van der Waals surface area contributed by atoms with E-state index in [0.29, 0.717) is 10.5 Å². The van der Waals surface area contributed by atoms with Crippen LogP contribution in [0.3, 0.4) is 0 Å². The molecular weight excluding hydrogens is 244 g/mol. The highest BCUT2D eigenvalue weighted by Gasteiger charge is 1.97. The first-order valence-corrected chi connectivity index (χ1v) is 4.84. The lowest BCUT2D eigenvalue weighted by molar-refractivity contribution is 0.459. The molecule has 0 atom stereocenters. The molecule has 0 saturated carbocycles. The Hall–Kier alpha value is -1.42. The van der Waals surface area contributed by atoms with Crippen LogP contribution in [-0.4, -0.2) is 9.97 Å². The quantitative estimate of drug-likeness (QED) is 0.822. The van der Waals surface area contributed by atoms with Gasteiger partial charge in [0.1, 0.15) is 10.4 Å². The SMILES string of the molecule is Brc1cnc(Oc2ccccc2)cn1. The van der Waals surface area contributed by atoms with Gasteiger partial charge in [-0.05, 0) is 28.1 Å². The van der Waals surface area contributed by atoms with E-state index in [1.54, 1.807) is 12.4 Å². The number of hydrogen-bond acceptors (Lipinski definition) is 3. The van der Waals surface area contributed by atoms with Crippen molar-refractivity contribution in [1.82, 2.24) is 9.97 Å². The van der Waals surface area contributed by atoms with Crippen molar-refractivity contribution in [3.05, 3.63) is 47.3 Å². The fourth-order valence-corrected chi connectivity index (χ4v) is 1.17. The number of rotatable bonds is 2. The third-order valence-electron chi connectivity index (χ3n) is 1.56. The minimum Gasteiger partial charge on any atom is -0.438 e. The van der Waals surface area contributed by atoms with Crippen LogP contribution in [0.1, 0.15) is 0 Å². The maximum Gasteiger partial charge on any atom is 0.237 e. The topological polar surface area (TPSA) is 35.0 Å². The van der Waals surface area contributed by atoms with Gasteiger partial charge in [0.2, 0.25) is 5.88 Å². The smallest absolute Gasteiger partial charge is 0.237 e. The zero-order valence-corrected chi connectivity index (χ0v) is 8.81. The number of halogens is 1. The monoisotopic (exact) mass is 250 g/mol. The molecule has 0 radical (unpaired) electrons. The van der Waals surface area contributed by atoms with E-state index >= 15 is 0 Å². The Kier molecular flexibility index (Phi) is 2.74. The zero-order valence-electron chi connectivity index (χ0n) is 7.22. The Labute approximate surface area is 89.9 Å². The van der Waals surface area contributed by atoms with Gasteiger partial charge in [0.05, 0.1) is 12.4 Å². The molecule has 3 nitrogen and oxygen atoms in total. The minimum atomic E-state index is 0.486. The third kappa shape index (κ3) is 2.29. The molecule has 0 saturated heterocycles. The van der Waals surface area contributed by atoms with Gasteiger partial charge in [-0.2, -0.15) is 0 Å². The number of ether oxygens (including phenoxy) is 1. The largest absolute Gasteiger partial charge is 0.438 e. The van der Waals surface area contributed by atoms with Crippen LogP contribution in [0.4, 0.5) is 0 Å². The first-order valence-electron chi connectivity index (χ1n) is 4.05. The first-order chi connectivity index (χ1) is 6.84.